The van der Waals surface area contributed by atoms with Gasteiger partial charge in [-0.05, 0) is 44.5 Å². The quantitative estimate of drug-likeness (QED) is 0.229. The lowest BCUT2D eigenvalue weighted by molar-refractivity contribution is 0.0289. The van der Waals surface area contributed by atoms with Crippen LogP contribution in [0, 0.1) is 0 Å². The fourth-order valence-corrected chi connectivity index (χ4v) is 6.21. The van der Waals surface area contributed by atoms with Crippen LogP contribution >= 0.6 is 23.2 Å². The number of rotatable bonds is 9. The molecule has 1 saturated heterocycles. The van der Waals surface area contributed by atoms with E-state index in [1.807, 2.05) is 39.0 Å². The molecule has 1 aromatic heterocycles. The molecule has 11 nitrogen and oxygen atoms in total. The summed E-state index contributed by atoms with van der Waals surface area (Å²) in [4.78, 5) is 36.4. The van der Waals surface area contributed by atoms with Gasteiger partial charge in [0.25, 0.3) is 0 Å². The van der Waals surface area contributed by atoms with Crippen LogP contribution in [-0.2, 0) is 9.47 Å². The van der Waals surface area contributed by atoms with Crippen molar-refractivity contribution < 1.29 is 28.5 Å². The number of carbonyl (C=O) groups is 2. The van der Waals surface area contributed by atoms with Crippen molar-refractivity contribution in [3.05, 3.63) is 40.5 Å². The van der Waals surface area contributed by atoms with E-state index in [1.165, 1.54) is 14.2 Å². The molecule has 2 N–H and O–H groups in total. The summed E-state index contributed by atoms with van der Waals surface area (Å²) in [5.74, 6) is 1.21. The Labute approximate surface area is 274 Å². The van der Waals surface area contributed by atoms with Gasteiger partial charge in [0, 0.05) is 44.4 Å². The Kier molecular flexibility index (Phi) is 10.6. The number of carbonyl (C=O) groups excluding carboxylic acids is 2. The highest BCUT2D eigenvalue weighted by molar-refractivity contribution is 6.76. The summed E-state index contributed by atoms with van der Waals surface area (Å²) in [5, 5.41) is 7.68. The molecule has 0 saturated carbocycles. The van der Waals surface area contributed by atoms with Crippen LogP contribution in [-0.4, -0.2) is 86.7 Å². The van der Waals surface area contributed by atoms with Gasteiger partial charge in [-0.15, -0.1) is 0 Å². The predicted molar refractivity (Wildman–Crippen MR) is 180 cm³/mol. The van der Waals surface area contributed by atoms with Gasteiger partial charge in [0.05, 0.1) is 48.5 Å². The maximum atomic E-state index is 12.9. The number of hydrogen-bond donors (Lipinski definition) is 2. The highest BCUT2D eigenvalue weighted by Crippen LogP contribution is 2.46. The third-order valence-electron chi connectivity index (χ3n) is 7.12. The maximum Gasteiger partial charge on any atom is 0.410 e. The van der Waals surface area contributed by atoms with E-state index in [-0.39, 0.29) is 13.1 Å². The SMILES string of the molecule is COc1cc(OC)c(Cl)c(-c2ccc3nc(N[C@@H]4CN(C(=O)OC(C)(C)C)C[C@@H]4NC(=O)OCC[Si](C)(C)C)ncc3c2)c1Cl. The lowest BCUT2D eigenvalue weighted by atomic mass is 10.0. The van der Waals surface area contributed by atoms with Gasteiger partial charge in [0.15, 0.2) is 0 Å². The molecule has 3 aromatic rings. The summed E-state index contributed by atoms with van der Waals surface area (Å²) in [7, 11) is 1.68. The smallest absolute Gasteiger partial charge is 0.410 e. The van der Waals surface area contributed by atoms with Crippen molar-refractivity contribution in [2.75, 3.05) is 39.2 Å². The van der Waals surface area contributed by atoms with Gasteiger partial charge in [0.1, 0.15) is 17.1 Å². The molecule has 4 rings (SSSR count). The molecule has 1 aliphatic heterocycles. The van der Waals surface area contributed by atoms with E-state index in [0.717, 1.165) is 17.0 Å². The molecular formula is C31H41Cl2N5O6Si. The van der Waals surface area contributed by atoms with Crippen molar-refractivity contribution in [3.8, 4) is 22.6 Å². The van der Waals surface area contributed by atoms with Crippen molar-refractivity contribution in [1.82, 2.24) is 20.2 Å². The topological polar surface area (TPSA) is 124 Å². The number of fused-ring (bicyclic) bond motifs is 1. The second kappa shape index (κ2) is 13.9. The molecule has 0 aliphatic carbocycles. The summed E-state index contributed by atoms with van der Waals surface area (Å²) in [6.45, 7) is 12.9. The third-order valence-corrected chi connectivity index (χ3v) is 9.57. The van der Waals surface area contributed by atoms with Gasteiger partial charge in [-0.3, -0.25) is 0 Å². The maximum absolute atomic E-state index is 12.9. The van der Waals surface area contributed by atoms with Crippen LogP contribution in [0.15, 0.2) is 30.5 Å². The van der Waals surface area contributed by atoms with E-state index in [2.05, 4.69) is 35.3 Å². The number of ether oxygens (including phenoxy) is 4. The van der Waals surface area contributed by atoms with Crippen LogP contribution in [0.5, 0.6) is 11.5 Å². The molecule has 2 atom stereocenters. The second-order valence-corrected chi connectivity index (χ2v) is 19.5. The Morgan fingerprint density at radius 3 is 2.27 bits per heavy atom. The molecule has 0 bridgehead atoms. The van der Waals surface area contributed by atoms with Crippen LogP contribution in [0.3, 0.4) is 0 Å². The lowest BCUT2D eigenvalue weighted by Crippen LogP contribution is -2.46. The van der Waals surface area contributed by atoms with Gasteiger partial charge in [-0.2, -0.15) is 0 Å². The third kappa shape index (κ3) is 8.83. The van der Waals surface area contributed by atoms with E-state index >= 15 is 0 Å². The molecule has 2 aromatic carbocycles. The minimum absolute atomic E-state index is 0.234. The number of nitrogens with one attached hydrogen (secondary N) is 2. The van der Waals surface area contributed by atoms with Crippen molar-refractivity contribution in [2.24, 2.45) is 0 Å². The fourth-order valence-electron chi connectivity index (χ4n) is 4.78. The summed E-state index contributed by atoms with van der Waals surface area (Å²) in [6, 6.07) is 7.19. The largest absolute Gasteiger partial charge is 0.495 e. The first-order chi connectivity index (χ1) is 21.1. The minimum atomic E-state index is -1.37. The number of alkyl carbamates (subject to hydrolysis) is 1. The number of methoxy groups -OCH3 is 2. The molecular weight excluding hydrogens is 637 g/mol. The zero-order valence-corrected chi connectivity index (χ0v) is 29.4. The molecule has 2 amide bonds. The van der Waals surface area contributed by atoms with E-state index in [9.17, 15) is 9.59 Å². The number of aromatic nitrogens is 2. The number of nitrogens with zero attached hydrogens (tertiary/aromatic N) is 3. The van der Waals surface area contributed by atoms with E-state index in [4.69, 9.17) is 47.1 Å². The predicted octanol–water partition coefficient (Wildman–Crippen LogP) is 7.09. The minimum Gasteiger partial charge on any atom is -0.495 e. The molecule has 1 aliphatic rings. The highest BCUT2D eigenvalue weighted by Gasteiger charge is 2.39. The number of amides is 2. The first kappa shape index (κ1) is 34.4. The van der Waals surface area contributed by atoms with Gasteiger partial charge in [-0.25, -0.2) is 19.6 Å². The Morgan fingerprint density at radius 1 is 1.02 bits per heavy atom. The molecule has 0 spiro atoms. The van der Waals surface area contributed by atoms with Gasteiger partial charge in [-0.1, -0.05) is 48.9 Å². The van der Waals surface area contributed by atoms with Gasteiger partial charge >= 0.3 is 12.2 Å². The monoisotopic (exact) mass is 677 g/mol. The number of halogens is 2. The van der Waals surface area contributed by atoms with Crippen molar-refractivity contribution in [2.45, 2.75) is 64.1 Å². The van der Waals surface area contributed by atoms with Gasteiger partial charge < -0.3 is 34.5 Å². The Morgan fingerprint density at radius 2 is 1.67 bits per heavy atom. The van der Waals surface area contributed by atoms with Gasteiger partial charge in [0.2, 0.25) is 5.95 Å². The molecule has 244 valence electrons. The van der Waals surface area contributed by atoms with Crippen molar-refractivity contribution >= 4 is 60.3 Å². The van der Waals surface area contributed by atoms with Crippen molar-refractivity contribution in [3.63, 3.8) is 0 Å². The van der Waals surface area contributed by atoms with E-state index < -0.39 is 37.9 Å². The molecule has 45 heavy (non-hydrogen) atoms. The zero-order chi connectivity index (χ0) is 33.1. The average Bonchev–Trinajstić information content (AvgIpc) is 3.33. The Balaban J connectivity index is 1.56. The number of benzene rings is 2. The van der Waals surface area contributed by atoms with Crippen LogP contribution in [0.2, 0.25) is 35.7 Å². The lowest BCUT2D eigenvalue weighted by Gasteiger charge is -2.24. The molecule has 14 heteroatoms. The number of anilines is 1. The fraction of sp³-hybridized carbons (Fsp3) is 0.484. The molecule has 1 fully saturated rings. The first-order valence-electron chi connectivity index (χ1n) is 14.6. The second-order valence-electron chi connectivity index (χ2n) is 13.1. The summed E-state index contributed by atoms with van der Waals surface area (Å²) >= 11 is 13.3. The summed E-state index contributed by atoms with van der Waals surface area (Å²) in [5.41, 5.74) is 1.30. The summed E-state index contributed by atoms with van der Waals surface area (Å²) < 4.78 is 21.9. The number of likely N-dealkylation sites (tertiary alicyclic amines) is 1. The molecule has 0 radical (unpaired) electrons. The van der Waals surface area contributed by atoms with Crippen LogP contribution in [0.1, 0.15) is 20.8 Å². The highest BCUT2D eigenvalue weighted by atomic mass is 35.5. The first-order valence-corrected chi connectivity index (χ1v) is 19.1. The normalized spacial score (nSPS) is 16.8. The van der Waals surface area contributed by atoms with Crippen LogP contribution < -0.4 is 20.1 Å². The molecule has 2 heterocycles. The Bertz CT molecular complexity index is 1530. The van der Waals surface area contributed by atoms with Crippen LogP contribution in [0.25, 0.3) is 22.0 Å². The zero-order valence-electron chi connectivity index (χ0n) is 26.9. The Hall–Kier alpha value is -3.48. The van der Waals surface area contributed by atoms with E-state index in [1.54, 1.807) is 17.2 Å². The van der Waals surface area contributed by atoms with Crippen LogP contribution in [0.4, 0.5) is 15.5 Å². The number of hydrogen-bond acceptors (Lipinski definition) is 9. The summed E-state index contributed by atoms with van der Waals surface area (Å²) in [6.07, 6.45) is 0.680. The standard InChI is InChI=1S/C31H41Cl2N5O6Si/c1-31(2,3)44-30(40)38-16-21(22(17-38)37-29(39)43-11-12-45(6,7)8)36-28-34-15-19-13-18(9-10-20(19)35-28)25-26(32)23(41-4)14-24(42-5)27(25)33/h9-10,13-15,21-22H,11-12,16-17H2,1-8H3,(H,37,39)(H,34,35,36)/t21-,22+/m1/s1. The molecule has 0 unspecified atom stereocenters. The van der Waals surface area contributed by atoms with Crippen molar-refractivity contribution in [1.29, 1.82) is 0 Å². The van der Waals surface area contributed by atoms with E-state index in [0.29, 0.717) is 45.2 Å². The average molecular weight is 679 g/mol.